The summed E-state index contributed by atoms with van der Waals surface area (Å²) < 4.78 is 36.9. The van der Waals surface area contributed by atoms with E-state index in [0.29, 0.717) is 0 Å². The van der Waals surface area contributed by atoms with Crippen LogP contribution in [0.4, 0.5) is 0 Å². The van der Waals surface area contributed by atoms with Crippen molar-refractivity contribution in [2.24, 2.45) is 0 Å². The monoisotopic (exact) mass is 295 g/mol. The Morgan fingerprint density at radius 3 is 1.50 bits per heavy atom. The Hall–Kier alpha value is 0.154. The first-order valence-corrected chi connectivity index (χ1v) is 6.34. The van der Waals surface area contributed by atoms with E-state index in [4.69, 9.17) is 32.5 Å². The standard InChI is InChI=1S/C9H19O7Si2/c1-10-7(18-16-17)8(11-2,12-3)9(13-4,14-5)15-6/h7H,1-6H3. The third-order valence-electron chi connectivity index (χ3n) is 2.59. The van der Waals surface area contributed by atoms with Gasteiger partial charge in [0, 0.05) is 42.7 Å². The number of hydrogen-bond donors (Lipinski definition) is 0. The normalized spacial score (nSPS) is 14.8. The van der Waals surface area contributed by atoms with Crippen molar-refractivity contribution in [3.05, 3.63) is 0 Å². The van der Waals surface area contributed by atoms with Crippen LogP contribution in [0.3, 0.4) is 0 Å². The van der Waals surface area contributed by atoms with Crippen molar-refractivity contribution < 1.29 is 32.5 Å². The van der Waals surface area contributed by atoms with E-state index >= 15 is 0 Å². The van der Waals surface area contributed by atoms with Gasteiger partial charge < -0.3 is 32.5 Å². The van der Waals surface area contributed by atoms with E-state index in [0.717, 1.165) is 0 Å². The predicted octanol–water partition coefficient (Wildman–Crippen LogP) is -0.740. The zero-order valence-corrected chi connectivity index (χ0v) is 13.4. The van der Waals surface area contributed by atoms with Gasteiger partial charge in [0.1, 0.15) is 5.73 Å². The lowest BCUT2D eigenvalue weighted by molar-refractivity contribution is -0.485. The fourth-order valence-electron chi connectivity index (χ4n) is 1.72. The molecule has 0 spiro atoms. The molecule has 0 aromatic rings. The molecule has 0 saturated heterocycles. The zero-order valence-electron chi connectivity index (χ0n) is 11.4. The van der Waals surface area contributed by atoms with Crippen LogP contribution in [-0.4, -0.2) is 80.4 Å². The van der Waals surface area contributed by atoms with E-state index in [1.54, 1.807) is 0 Å². The van der Waals surface area contributed by atoms with Gasteiger partial charge in [0.05, 0.1) is 0 Å². The van der Waals surface area contributed by atoms with Crippen LogP contribution in [0.15, 0.2) is 0 Å². The molecule has 1 unspecified atom stereocenters. The highest BCUT2D eigenvalue weighted by molar-refractivity contribution is 6.36. The smallest absolute Gasteiger partial charge is 0.342 e. The van der Waals surface area contributed by atoms with Gasteiger partial charge in [-0.15, -0.1) is 0 Å². The third kappa shape index (κ3) is 3.00. The van der Waals surface area contributed by atoms with Gasteiger partial charge in [0.2, 0.25) is 10.5 Å². The summed E-state index contributed by atoms with van der Waals surface area (Å²) in [7, 11) is 11.3. The number of rotatable bonds is 10. The maximum absolute atomic E-state index is 5.41. The lowest BCUT2D eigenvalue weighted by Crippen LogP contribution is -2.68. The predicted molar refractivity (Wildman–Crippen MR) is 63.9 cm³/mol. The molecule has 0 rings (SSSR count). The van der Waals surface area contributed by atoms with Gasteiger partial charge in [-0.2, -0.15) is 0 Å². The summed E-state index contributed by atoms with van der Waals surface area (Å²) in [6, 6.07) is 0. The molecule has 105 valence electrons. The van der Waals surface area contributed by atoms with Crippen molar-refractivity contribution in [3.8, 4) is 0 Å². The lowest BCUT2D eigenvalue weighted by atomic mass is 10.2. The summed E-state index contributed by atoms with van der Waals surface area (Å²) in [6.45, 7) is 0. The highest BCUT2D eigenvalue weighted by atomic mass is 28.3. The van der Waals surface area contributed by atoms with Crippen molar-refractivity contribution >= 4 is 20.2 Å². The first-order valence-electron chi connectivity index (χ1n) is 4.94. The first-order chi connectivity index (χ1) is 8.57. The van der Waals surface area contributed by atoms with Gasteiger partial charge in [-0.1, -0.05) is 0 Å². The van der Waals surface area contributed by atoms with Crippen LogP contribution >= 0.6 is 0 Å². The summed E-state index contributed by atoms with van der Waals surface area (Å²) in [4.78, 5) is 0. The molecule has 0 aromatic carbocycles. The molecule has 0 heterocycles. The van der Waals surface area contributed by atoms with Crippen LogP contribution < -0.4 is 0 Å². The molecule has 0 fully saturated rings. The Bertz CT molecular complexity index is 213. The minimum Gasteiger partial charge on any atom is -0.456 e. The van der Waals surface area contributed by atoms with Gasteiger partial charge in [-0.3, -0.25) is 0 Å². The quantitative estimate of drug-likeness (QED) is 0.388. The second-order valence-corrected chi connectivity index (χ2v) is 4.66. The maximum atomic E-state index is 5.41. The van der Waals surface area contributed by atoms with Crippen molar-refractivity contribution in [2.75, 3.05) is 42.7 Å². The van der Waals surface area contributed by atoms with Crippen LogP contribution in [0.1, 0.15) is 0 Å². The molecule has 0 aliphatic rings. The lowest BCUT2D eigenvalue weighted by Gasteiger charge is -2.46. The van der Waals surface area contributed by atoms with Crippen LogP contribution in [0, 0.1) is 0 Å². The average Bonchev–Trinajstić information content (AvgIpc) is 2.43. The highest BCUT2D eigenvalue weighted by Gasteiger charge is 2.62. The molecule has 0 saturated carbocycles. The summed E-state index contributed by atoms with van der Waals surface area (Å²) in [5.74, 6) is -3.07. The number of methoxy groups -OCH3 is 6. The molecule has 0 aromatic heterocycles. The molecule has 0 aliphatic carbocycles. The second-order valence-electron chi connectivity index (χ2n) is 3.08. The van der Waals surface area contributed by atoms with E-state index in [-0.39, 0.29) is 9.76 Å². The molecule has 0 aliphatic heterocycles. The summed E-state index contributed by atoms with van der Waals surface area (Å²) in [5, 5.41) is 0. The van der Waals surface area contributed by atoms with E-state index in [1.165, 1.54) is 42.7 Å². The molecule has 18 heavy (non-hydrogen) atoms. The van der Waals surface area contributed by atoms with Gasteiger partial charge in [0.15, 0.2) is 0 Å². The molecule has 9 heteroatoms. The van der Waals surface area contributed by atoms with Gasteiger partial charge in [-0.05, 0) is 0 Å². The molecule has 0 N–H and O–H groups in total. The molecular weight excluding hydrogens is 276 g/mol. The van der Waals surface area contributed by atoms with Crippen molar-refractivity contribution in [2.45, 2.75) is 17.5 Å². The maximum Gasteiger partial charge on any atom is 0.342 e. The van der Waals surface area contributed by atoms with Gasteiger partial charge in [-0.25, -0.2) is 0 Å². The molecule has 1 atom stereocenters. The molecule has 5 radical (unpaired) electrons. The van der Waals surface area contributed by atoms with E-state index < -0.39 is 17.5 Å². The Kier molecular flexibility index (Phi) is 8.42. The fraction of sp³-hybridized carbons (Fsp3) is 1.00. The largest absolute Gasteiger partial charge is 0.456 e. The Morgan fingerprint density at radius 2 is 1.28 bits per heavy atom. The summed E-state index contributed by atoms with van der Waals surface area (Å²) in [5.41, 5.74) is -0.648. The molecular formula is C9H19O7Si2. The molecule has 7 nitrogen and oxygen atoms in total. The minimum atomic E-state index is -1.60. The third-order valence-corrected chi connectivity index (χ3v) is 3.89. The van der Waals surface area contributed by atoms with E-state index in [2.05, 4.69) is 10.5 Å². The second kappa shape index (κ2) is 8.35. The SMILES string of the molecule is COC([Si]O[Si])C(OC)(OC)C(OC)(OC)OC. The van der Waals surface area contributed by atoms with Crippen molar-refractivity contribution in [1.82, 2.24) is 0 Å². The topological polar surface area (TPSA) is 64.6 Å². The molecule has 0 amide bonds. The van der Waals surface area contributed by atoms with Crippen molar-refractivity contribution in [3.63, 3.8) is 0 Å². The average molecular weight is 295 g/mol. The number of ether oxygens (including phenoxy) is 6. The van der Waals surface area contributed by atoms with Crippen LogP contribution in [0.5, 0.6) is 0 Å². The zero-order chi connectivity index (χ0) is 14.2. The Morgan fingerprint density at radius 1 is 0.833 bits per heavy atom. The number of hydrogen-bond acceptors (Lipinski definition) is 7. The Labute approximate surface area is 113 Å². The first kappa shape index (κ1) is 18.2. The summed E-state index contributed by atoms with van der Waals surface area (Å²) >= 11 is 0. The Balaban J connectivity index is 5.57. The highest BCUT2D eigenvalue weighted by Crippen LogP contribution is 2.35. The van der Waals surface area contributed by atoms with Crippen molar-refractivity contribution in [1.29, 1.82) is 0 Å². The van der Waals surface area contributed by atoms with Crippen LogP contribution in [0.25, 0.3) is 0 Å². The summed E-state index contributed by atoms with van der Waals surface area (Å²) in [6.07, 6.45) is 0. The van der Waals surface area contributed by atoms with Crippen LogP contribution in [-0.2, 0) is 32.5 Å². The van der Waals surface area contributed by atoms with E-state index in [1.807, 2.05) is 0 Å². The minimum absolute atomic E-state index is 0.145. The van der Waals surface area contributed by atoms with Gasteiger partial charge in [0.25, 0.3) is 15.6 Å². The fourth-order valence-corrected chi connectivity index (χ4v) is 2.81. The van der Waals surface area contributed by atoms with E-state index in [9.17, 15) is 0 Å². The molecule has 0 bridgehead atoms. The van der Waals surface area contributed by atoms with Gasteiger partial charge >= 0.3 is 5.97 Å². The van der Waals surface area contributed by atoms with Crippen LogP contribution in [0.2, 0.25) is 0 Å².